The molecule has 1 N–H and O–H groups in total. The van der Waals surface area contributed by atoms with Gasteiger partial charge in [-0.1, -0.05) is 30.3 Å². The molecule has 3 aromatic rings. The molecule has 8 nitrogen and oxygen atoms in total. The Bertz CT molecular complexity index is 1090. The molecule has 0 radical (unpaired) electrons. The minimum Gasteiger partial charge on any atom is -0.361 e. The van der Waals surface area contributed by atoms with Crippen LogP contribution in [-0.4, -0.2) is 63.0 Å². The van der Waals surface area contributed by atoms with Crippen LogP contribution in [-0.2, 0) is 16.0 Å². The van der Waals surface area contributed by atoms with Crippen molar-refractivity contribution in [3.8, 4) is 11.1 Å². The van der Waals surface area contributed by atoms with Gasteiger partial charge in [-0.15, -0.1) is 0 Å². The Morgan fingerprint density at radius 1 is 1.06 bits per heavy atom. The molecule has 1 unspecified atom stereocenters. The van der Waals surface area contributed by atoms with Gasteiger partial charge in [0, 0.05) is 43.8 Å². The number of nitrogens with zero attached hydrogens (tertiary/aromatic N) is 4. The first-order valence-electron chi connectivity index (χ1n) is 11.0. The number of hydrogen-bond donors (Lipinski definition) is 1. The summed E-state index contributed by atoms with van der Waals surface area (Å²) < 4.78 is 6.11. The summed E-state index contributed by atoms with van der Waals surface area (Å²) in [7, 11) is 0. The number of amides is 2. The van der Waals surface area contributed by atoms with Gasteiger partial charge in [0.2, 0.25) is 0 Å². The molecule has 0 bridgehead atoms. The monoisotopic (exact) mass is 445 g/mol. The minimum absolute atomic E-state index is 0.0583. The number of rotatable bonds is 6. The summed E-state index contributed by atoms with van der Waals surface area (Å²) in [6.07, 6.45) is 8.33. The van der Waals surface area contributed by atoms with Gasteiger partial charge in [0.1, 0.15) is 5.69 Å². The molecule has 1 atom stereocenters. The van der Waals surface area contributed by atoms with Gasteiger partial charge in [-0.2, -0.15) is 0 Å². The van der Waals surface area contributed by atoms with Crippen LogP contribution in [0.1, 0.15) is 29.9 Å². The second-order valence-electron chi connectivity index (χ2n) is 8.40. The van der Waals surface area contributed by atoms with E-state index in [1.54, 1.807) is 11.1 Å². The fourth-order valence-electron chi connectivity index (χ4n) is 3.93. The summed E-state index contributed by atoms with van der Waals surface area (Å²) in [6.45, 7) is 4.57. The topological polar surface area (TPSA) is 97.3 Å². The average molecular weight is 446 g/mol. The zero-order valence-electron chi connectivity index (χ0n) is 18.8. The van der Waals surface area contributed by atoms with Gasteiger partial charge in [0.15, 0.2) is 5.60 Å². The number of aromatic nitrogens is 3. The number of benzene rings is 1. The van der Waals surface area contributed by atoms with E-state index >= 15 is 0 Å². The van der Waals surface area contributed by atoms with Crippen molar-refractivity contribution < 1.29 is 14.3 Å². The highest BCUT2D eigenvalue weighted by Gasteiger charge is 2.45. The van der Waals surface area contributed by atoms with Gasteiger partial charge in [0.25, 0.3) is 11.8 Å². The van der Waals surface area contributed by atoms with Gasteiger partial charge < -0.3 is 15.0 Å². The van der Waals surface area contributed by atoms with E-state index in [1.165, 1.54) is 18.6 Å². The number of nitrogens with one attached hydrogen (secondary N) is 1. The first kappa shape index (κ1) is 22.5. The summed E-state index contributed by atoms with van der Waals surface area (Å²) in [6, 6.07) is 11.8. The second kappa shape index (κ2) is 9.87. The Morgan fingerprint density at radius 3 is 2.52 bits per heavy atom. The highest BCUT2D eigenvalue weighted by molar-refractivity contribution is 5.93. The molecule has 1 aliphatic rings. The highest BCUT2D eigenvalue weighted by Crippen LogP contribution is 2.27. The van der Waals surface area contributed by atoms with E-state index in [0.29, 0.717) is 13.0 Å². The Labute approximate surface area is 193 Å². The van der Waals surface area contributed by atoms with Crippen molar-refractivity contribution in [1.29, 1.82) is 0 Å². The van der Waals surface area contributed by atoms with E-state index in [4.69, 9.17) is 4.74 Å². The maximum absolute atomic E-state index is 13.3. The van der Waals surface area contributed by atoms with Crippen LogP contribution in [0.4, 0.5) is 0 Å². The van der Waals surface area contributed by atoms with Crippen molar-refractivity contribution in [2.45, 2.75) is 31.9 Å². The van der Waals surface area contributed by atoms with Crippen LogP contribution < -0.4 is 5.32 Å². The zero-order chi connectivity index (χ0) is 23.3. The third kappa shape index (κ3) is 5.23. The molecule has 0 saturated carbocycles. The molecule has 2 aromatic heterocycles. The first-order chi connectivity index (χ1) is 16.0. The fourth-order valence-corrected chi connectivity index (χ4v) is 3.93. The van der Waals surface area contributed by atoms with Crippen molar-refractivity contribution in [2.75, 3.05) is 19.7 Å². The molecule has 8 heteroatoms. The van der Waals surface area contributed by atoms with Gasteiger partial charge in [-0.3, -0.25) is 19.6 Å². The minimum atomic E-state index is -1.20. The van der Waals surface area contributed by atoms with E-state index in [0.717, 1.165) is 16.7 Å². The molecule has 1 saturated heterocycles. The van der Waals surface area contributed by atoms with Crippen LogP contribution in [0.2, 0.25) is 0 Å². The van der Waals surface area contributed by atoms with Crippen LogP contribution >= 0.6 is 0 Å². The van der Waals surface area contributed by atoms with Crippen molar-refractivity contribution >= 4 is 11.8 Å². The Morgan fingerprint density at radius 2 is 1.85 bits per heavy atom. The second-order valence-corrected chi connectivity index (χ2v) is 8.40. The van der Waals surface area contributed by atoms with E-state index in [9.17, 15) is 9.59 Å². The molecular formula is C25H27N5O3. The van der Waals surface area contributed by atoms with E-state index in [-0.39, 0.29) is 36.7 Å². The Kier molecular flexibility index (Phi) is 6.74. The molecule has 0 spiro atoms. The van der Waals surface area contributed by atoms with Gasteiger partial charge in [0.05, 0.1) is 19.3 Å². The predicted molar refractivity (Wildman–Crippen MR) is 123 cm³/mol. The van der Waals surface area contributed by atoms with Crippen LogP contribution in [0, 0.1) is 0 Å². The largest absolute Gasteiger partial charge is 0.361 e. The number of morpholine rings is 1. The van der Waals surface area contributed by atoms with Crippen molar-refractivity contribution in [2.24, 2.45) is 0 Å². The standard InChI is InChI=1S/C25H27N5O3/c1-18(2)29-24(32)25(14-19-5-7-20(8-6-19)21-4-3-9-26-15-21)17-30(12-13-33-25)23(31)22-16-27-10-11-28-22/h3-11,15-16,18H,12-14,17H2,1-2H3,(H,29,32). The number of hydrogen-bond acceptors (Lipinski definition) is 6. The van der Waals surface area contributed by atoms with Gasteiger partial charge >= 0.3 is 0 Å². The smallest absolute Gasteiger partial charge is 0.274 e. The lowest BCUT2D eigenvalue weighted by Gasteiger charge is -2.42. The summed E-state index contributed by atoms with van der Waals surface area (Å²) in [5, 5.41) is 2.97. The molecule has 1 fully saturated rings. The molecule has 0 aliphatic carbocycles. The zero-order valence-corrected chi connectivity index (χ0v) is 18.8. The quantitative estimate of drug-likeness (QED) is 0.626. The van der Waals surface area contributed by atoms with Gasteiger partial charge in [-0.25, -0.2) is 4.98 Å². The number of carbonyl (C=O) groups excluding carboxylic acids is 2. The Hall–Kier alpha value is -3.65. The third-order valence-electron chi connectivity index (χ3n) is 5.53. The van der Waals surface area contributed by atoms with Crippen LogP contribution in [0.15, 0.2) is 67.4 Å². The highest BCUT2D eigenvalue weighted by atomic mass is 16.5. The molecule has 3 heterocycles. The summed E-state index contributed by atoms with van der Waals surface area (Å²) >= 11 is 0. The maximum Gasteiger partial charge on any atom is 0.274 e. The molecule has 170 valence electrons. The number of pyridine rings is 1. The predicted octanol–water partition coefficient (Wildman–Crippen LogP) is 2.52. The van der Waals surface area contributed by atoms with Crippen LogP contribution in [0.3, 0.4) is 0 Å². The van der Waals surface area contributed by atoms with Crippen LogP contribution in [0.25, 0.3) is 11.1 Å². The van der Waals surface area contributed by atoms with E-state index < -0.39 is 5.60 Å². The number of carbonyl (C=O) groups is 2. The SMILES string of the molecule is CC(C)NC(=O)C1(Cc2ccc(-c3cccnc3)cc2)CN(C(=O)c2cnccn2)CCO1. The summed E-state index contributed by atoms with van der Waals surface area (Å²) in [4.78, 5) is 40.2. The van der Waals surface area contributed by atoms with E-state index in [2.05, 4.69) is 20.3 Å². The number of ether oxygens (including phenoxy) is 1. The Balaban J connectivity index is 1.59. The van der Waals surface area contributed by atoms with E-state index in [1.807, 2.05) is 56.4 Å². The van der Waals surface area contributed by atoms with Crippen molar-refractivity contribution in [3.63, 3.8) is 0 Å². The molecule has 33 heavy (non-hydrogen) atoms. The van der Waals surface area contributed by atoms with Crippen LogP contribution in [0.5, 0.6) is 0 Å². The third-order valence-corrected chi connectivity index (χ3v) is 5.53. The average Bonchev–Trinajstić information content (AvgIpc) is 2.85. The molecule has 1 aliphatic heterocycles. The summed E-state index contributed by atoms with van der Waals surface area (Å²) in [5.41, 5.74) is 2.05. The molecule has 2 amide bonds. The van der Waals surface area contributed by atoms with Crippen molar-refractivity contribution in [3.05, 3.63) is 78.6 Å². The molecular weight excluding hydrogens is 418 g/mol. The molecule has 1 aromatic carbocycles. The summed E-state index contributed by atoms with van der Waals surface area (Å²) in [5.74, 6) is -0.495. The fraction of sp³-hybridized carbons (Fsp3) is 0.320. The first-order valence-corrected chi connectivity index (χ1v) is 11.0. The van der Waals surface area contributed by atoms with Gasteiger partial charge in [-0.05, 0) is 36.6 Å². The lowest BCUT2D eigenvalue weighted by atomic mass is 9.90. The molecule has 4 rings (SSSR count). The lowest BCUT2D eigenvalue weighted by molar-refractivity contribution is -0.157. The lowest BCUT2D eigenvalue weighted by Crippen LogP contribution is -2.62. The normalized spacial score (nSPS) is 18.2. The maximum atomic E-state index is 13.3. The van der Waals surface area contributed by atoms with Crippen molar-refractivity contribution in [1.82, 2.24) is 25.2 Å².